The molecule has 0 aromatic heterocycles. The van der Waals surface area contributed by atoms with Gasteiger partial charge in [-0.15, -0.1) is 12.4 Å². The third-order valence-corrected chi connectivity index (χ3v) is 2.69. The van der Waals surface area contributed by atoms with Crippen molar-refractivity contribution < 1.29 is 9.59 Å². The Morgan fingerprint density at radius 3 is 2.30 bits per heavy atom. The summed E-state index contributed by atoms with van der Waals surface area (Å²) >= 11 is 0. The average molecular weight is 300 g/mol. The number of likely N-dealkylation sites (N-methyl/N-ethyl adjacent to an activating group) is 2. The van der Waals surface area contributed by atoms with Gasteiger partial charge >= 0.3 is 0 Å². The van der Waals surface area contributed by atoms with Gasteiger partial charge in [-0.1, -0.05) is 30.3 Å². The van der Waals surface area contributed by atoms with Crippen LogP contribution >= 0.6 is 12.4 Å². The minimum absolute atomic E-state index is 0. The predicted molar refractivity (Wildman–Crippen MR) is 81.9 cm³/mol. The molecule has 0 aliphatic carbocycles. The molecule has 0 radical (unpaired) electrons. The van der Waals surface area contributed by atoms with E-state index in [0.29, 0.717) is 6.42 Å². The zero-order valence-corrected chi connectivity index (χ0v) is 12.9. The van der Waals surface area contributed by atoms with Crippen molar-refractivity contribution in [2.45, 2.75) is 12.5 Å². The van der Waals surface area contributed by atoms with Gasteiger partial charge in [-0.2, -0.15) is 0 Å². The van der Waals surface area contributed by atoms with E-state index in [1.807, 2.05) is 30.3 Å². The first kappa shape index (κ1) is 18.4. The van der Waals surface area contributed by atoms with Gasteiger partial charge in [0.05, 0.1) is 6.54 Å². The summed E-state index contributed by atoms with van der Waals surface area (Å²) in [6.07, 6.45) is 0.493. The van der Waals surface area contributed by atoms with Crippen molar-refractivity contribution >= 4 is 24.2 Å². The molecule has 0 bridgehead atoms. The summed E-state index contributed by atoms with van der Waals surface area (Å²) in [5.41, 5.74) is 1.02. The number of nitrogens with one attached hydrogen (secondary N) is 2. The maximum atomic E-state index is 12.1. The van der Waals surface area contributed by atoms with E-state index >= 15 is 0 Å². The molecule has 1 atom stereocenters. The number of benzene rings is 1. The van der Waals surface area contributed by atoms with Gasteiger partial charge in [-0.3, -0.25) is 9.59 Å². The van der Waals surface area contributed by atoms with Crippen LogP contribution in [0.5, 0.6) is 0 Å². The lowest BCUT2D eigenvalue weighted by atomic mass is 10.0. The Bertz CT molecular complexity index is 424. The van der Waals surface area contributed by atoms with Crippen LogP contribution in [-0.2, 0) is 16.0 Å². The fourth-order valence-corrected chi connectivity index (χ4v) is 1.77. The van der Waals surface area contributed by atoms with Crippen LogP contribution in [0.15, 0.2) is 30.3 Å². The molecule has 0 aliphatic heterocycles. The van der Waals surface area contributed by atoms with Crippen molar-refractivity contribution in [3.63, 3.8) is 0 Å². The molecule has 2 amide bonds. The quantitative estimate of drug-likeness (QED) is 0.801. The van der Waals surface area contributed by atoms with Crippen LogP contribution in [0.25, 0.3) is 0 Å². The fourth-order valence-electron chi connectivity index (χ4n) is 1.77. The largest absolute Gasteiger partial charge is 0.347 e. The number of rotatable bonds is 6. The molecule has 5 nitrogen and oxygen atoms in total. The molecule has 1 aromatic rings. The van der Waals surface area contributed by atoms with E-state index in [9.17, 15) is 9.59 Å². The first-order valence-electron chi connectivity index (χ1n) is 6.23. The number of nitrogens with zero attached hydrogens (tertiary/aromatic N) is 1. The highest BCUT2D eigenvalue weighted by Gasteiger charge is 2.22. The molecule has 1 aromatic carbocycles. The van der Waals surface area contributed by atoms with Gasteiger partial charge in [0.1, 0.15) is 6.04 Å². The summed E-state index contributed by atoms with van der Waals surface area (Å²) in [6, 6.07) is 9.12. The second-order valence-electron chi connectivity index (χ2n) is 4.57. The van der Waals surface area contributed by atoms with Gasteiger partial charge < -0.3 is 15.5 Å². The molecule has 0 saturated heterocycles. The molecule has 0 fully saturated rings. The van der Waals surface area contributed by atoms with Crippen molar-refractivity contribution in [3.05, 3.63) is 35.9 Å². The Hall–Kier alpha value is -1.59. The maximum Gasteiger partial charge on any atom is 0.244 e. The highest BCUT2D eigenvalue weighted by Crippen LogP contribution is 2.05. The third kappa shape index (κ3) is 6.04. The zero-order valence-electron chi connectivity index (χ0n) is 12.1. The third-order valence-electron chi connectivity index (χ3n) is 2.69. The van der Waals surface area contributed by atoms with Crippen molar-refractivity contribution in [3.8, 4) is 0 Å². The molecule has 1 rings (SSSR count). The van der Waals surface area contributed by atoms with Crippen LogP contribution in [-0.4, -0.2) is 50.4 Å². The van der Waals surface area contributed by atoms with Gasteiger partial charge in [-0.25, -0.2) is 0 Å². The van der Waals surface area contributed by atoms with Crippen LogP contribution < -0.4 is 10.6 Å². The van der Waals surface area contributed by atoms with E-state index in [2.05, 4.69) is 10.6 Å². The molecule has 2 N–H and O–H groups in total. The van der Waals surface area contributed by atoms with E-state index in [-0.39, 0.29) is 30.8 Å². The SMILES string of the molecule is CNCC(=O)NC(Cc1ccccc1)C(=O)N(C)C.Cl. The molecule has 6 heteroatoms. The van der Waals surface area contributed by atoms with Crippen molar-refractivity contribution in [2.75, 3.05) is 27.7 Å². The summed E-state index contributed by atoms with van der Waals surface area (Å²) in [5, 5.41) is 5.52. The fraction of sp³-hybridized carbons (Fsp3) is 0.429. The van der Waals surface area contributed by atoms with Crippen LogP contribution in [0.3, 0.4) is 0 Å². The van der Waals surface area contributed by atoms with Crippen molar-refractivity contribution in [1.82, 2.24) is 15.5 Å². The lowest BCUT2D eigenvalue weighted by molar-refractivity contribution is -0.134. The van der Waals surface area contributed by atoms with Crippen molar-refractivity contribution in [1.29, 1.82) is 0 Å². The van der Waals surface area contributed by atoms with E-state index in [1.54, 1.807) is 21.1 Å². The number of carbonyl (C=O) groups excluding carboxylic acids is 2. The van der Waals surface area contributed by atoms with Crippen LogP contribution in [0, 0.1) is 0 Å². The maximum absolute atomic E-state index is 12.1. The smallest absolute Gasteiger partial charge is 0.244 e. The van der Waals surface area contributed by atoms with E-state index < -0.39 is 6.04 Å². The van der Waals surface area contributed by atoms with E-state index in [0.717, 1.165) is 5.56 Å². The van der Waals surface area contributed by atoms with Gasteiger partial charge in [0.25, 0.3) is 0 Å². The monoisotopic (exact) mass is 299 g/mol. The van der Waals surface area contributed by atoms with E-state index in [1.165, 1.54) is 4.90 Å². The normalized spacial score (nSPS) is 11.2. The number of amides is 2. The lowest BCUT2D eigenvalue weighted by Gasteiger charge is -2.21. The van der Waals surface area contributed by atoms with E-state index in [4.69, 9.17) is 0 Å². The Balaban J connectivity index is 0.00000361. The molecule has 0 spiro atoms. The number of carbonyl (C=O) groups is 2. The number of halogens is 1. The summed E-state index contributed by atoms with van der Waals surface area (Å²) < 4.78 is 0. The first-order valence-corrected chi connectivity index (χ1v) is 6.23. The predicted octanol–water partition coefficient (Wildman–Crippen LogP) is 0.443. The molecule has 112 valence electrons. The molecular weight excluding hydrogens is 278 g/mol. The minimum atomic E-state index is -0.529. The second kappa shape index (κ2) is 9.34. The van der Waals surface area contributed by atoms with Crippen molar-refractivity contribution in [2.24, 2.45) is 0 Å². The summed E-state index contributed by atoms with van der Waals surface area (Å²) in [5.74, 6) is -0.285. The molecule has 0 heterocycles. The Morgan fingerprint density at radius 1 is 1.20 bits per heavy atom. The summed E-state index contributed by atoms with van der Waals surface area (Å²) in [7, 11) is 5.06. The summed E-state index contributed by atoms with van der Waals surface area (Å²) in [4.78, 5) is 25.2. The Kier molecular flexibility index (Phi) is 8.59. The molecule has 0 saturated carbocycles. The number of hydrogen-bond donors (Lipinski definition) is 2. The molecule has 20 heavy (non-hydrogen) atoms. The highest BCUT2D eigenvalue weighted by molar-refractivity contribution is 5.88. The topological polar surface area (TPSA) is 61.4 Å². The van der Waals surface area contributed by atoms with Gasteiger partial charge in [0.2, 0.25) is 11.8 Å². The lowest BCUT2D eigenvalue weighted by Crippen LogP contribution is -2.49. The van der Waals surface area contributed by atoms with Crippen LogP contribution in [0.2, 0.25) is 0 Å². The summed E-state index contributed by atoms with van der Waals surface area (Å²) in [6.45, 7) is 0.200. The minimum Gasteiger partial charge on any atom is -0.347 e. The zero-order chi connectivity index (χ0) is 14.3. The molecule has 0 aliphatic rings. The van der Waals surface area contributed by atoms with Crippen LogP contribution in [0.4, 0.5) is 0 Å². The van der Waals surface area contributed by atoms with Crippen LogP contribution in [0.1, 0.15) is 5.56 Å². The standard InChI is InChI=1S/C14H21N3O2.ClH/c1-15-10-13(18)16-12(14(19)17(2)3)9-11-7-5-4-6-8-11;/h4-8,12,15H,9-10H2,1-3H3,(H,16,18);1H. The van der Waals surface area contributed by atoms with Gasteiger partial charge in [-0.05, 0) is 12.6 Å². The molecular formula is C14H22ClN3O2. The molecule has 1 unspecified atom stereocenters. The Morgan fingerprint density at radius 2 is 1.80 bits per heavy atom. The average Bonchev–Trinajstić information content (AvgIpc) is 2.38. The Labute approximate surface area is 126 Å². The first-order chi connectivity index (χ1) is 9.04. The van der Waals surface area contributed by atoms with Gasteiger partial charge in [0.15, 0.2) is 0 Å². The second-order valence-corrected chi connectivity index (χ2v) is 4.57. The number of hydrogen-bond acceptors (Lipinski definition) is 3. The highest BCUT2D eigenvalue weighted by atomic mass is 35.5. The van der Waals surface area contributed by atoms with Gasteiger partial charge in [0, 0.05) is 20.5 Å².